The van der Waals surface area contributed by atoms with Crippen LogP contribution in [0.1, 0.15) is 12.5 Å². The summed E-state index contributed by atoms with van der Waals surface area (Å²) in [6.07, 6.45) is 0. The Morgan fingerprint density at radius 3 is 2.50 bits per heavy atom. The Labute approximate surface area is 92.0 Å². The van der Waals surface area contributed by atoms with Crippen molar-refractivity contribution in [2.24, 2.45) is 0 Å². The molecule has 6 heteroatoms. The van der Waals surface area contributed by atoms with Crippen molar-refractivity contribution in [1.29, 1.82) is 0 Å². The predicted octanol–water partition coefficient (Wildman–Crippen LogP) is 1.16. The minimum absolute atomic E-state index is 0.0232. The number of rotatable bonds is 5. The molecule has 6 nitrogen and oxygen atoms in total. The molecule has 0 saturated carbocycles. The van der Waals surface area contributed by atoms with E-state index < -0.39 is 16.9 Å². The zero-order valence-corrected chi connectivity index (χ0v) is 8.71. The third-order valence-electron chi connectivity index (χ3n) is 2.13. The van der Waals surface area contributed by atoms with Gasteiger partial charge < -0.3 is 10.4 Å². The van der Waals surface area contributed by atoms with Gasteiger partial charge in [-0.1, -0.05) is 12.1 Å². The minimum atomic E-state index is -0.929. The minimum Gasteiger partial charge on any atom is -0.480 e. The Morgan fingerprint density at radius 1 is 1.50 bits per heavy atom. The summed E-state index contributed by atoms with van der Waals surface area (Å²) in [5.74, 6) is -0.929. The maximum Gasteiger partial charge on any atom is 0.320 e. The summed E-state index contributed by atoms with van der Waals surface area (Å²) in [4.78, 5) is 20.4. The second-order valence-electron chi connectivity index (χ2n) is 3.36. The molecule has 0 aliphatic carbocycles. The van der Waals surface area contributed by atoms with Gasteiger partial charge in [-0.15, -0.1) is 0 Å². The van der Waals surface area contributed by atoms with Crippen LogP contribution in [0.25, 0.3) is 0 Å². The molecular weight excluding hydrogens is 212 g/mol. The Morgan fingerprint density at radius 2 is 2.06 bits per heavy atom. The molecule has 0 saturated heterocycles. The van der Waals surface area contributed by atoms with Crippen molar-refractivity contribution in [2.75, 3.05) is 0 Å². The Balaban J connectivity index is 2.56. The average molecular weight is 224 g/mol. The first-order valence-electron chi connectivity index (χ1n) is 4.70. The number of benzene rings is 1. The number of hydrogen-bond acceptors (Lipinski definition) is 4. The number of nitro benzene ring substituents is 1. The summed E-state index contributed by atoms with van der Waals surface area (Å²) in [5, 5.41) is 21.8. The van der Waals surface area contributed by atoms with E-state index in [1.54, 1.807) is 12.1 Å². The first kappa shape index (κ1) is 12.1. The normalized spacial score (nSPS) is 12.1. The van der Waals surface area contributed by atoms with Crippen molar-refractivity contribution in [2.45, 2.75) is 19.5 Å². The number of carboxylic acid groups (broad SMARTS) is 1. The van der Waals surface area contributed by atoms with Crippen molar-refractivity contribution in [3.05, 3.63) is 39.9 Å². The lowest BCUT2D eigenvalue weighted by Gasteiger charge is -2.08. The number of hydrogen-bond donors (Lipinski definition) is 2. The Bertz CT molecular complexity index is 388. The summed E-state index contributed by atoms with van der Waals surface area (Å²) in [6.45, 7) is 1.90. The smallest absolute Gasteiger partial charge is 0.320 e. The van der Waals surface area contributed by atoms with E-state index in [1.165, 1.54) is 19.1 Å². The molecular formula is C10H12N2O4. The van der Waals surface area contributed by atoms with Crippen LogP contribution in [-0.2, 0) is 11.3 Å². The Kier molecular flexibility index (Phi) is 3.96. The first-order valence-corrected chi connectivity index (χ1v) is 4.70. The van der Waals surface area contributed by atoms with E-state index in [2.05, 4.69) is 5.32 Å². The lowest BCUT2D eigenvalue weighted by atomic mass is 10.2. The van der Waals surface area contributed by atoms with E-state index in [-0.39, 0.29) is 5.69 Å². The van der Waals surface area contributed by atoms with Crippen LogP contribution in [0.15, 0.2) is 24.3 Å². The molecule has 0 fully saturated rings. The quantitative estimate of drug-likeness (QED) is 0.578. The van der Waals surface area contributed by atoms with E-state index in [0.29, 0.717) is 6.54 Å². The van der Waals surface area contributed by atoms with Gasteiger partial charge in [0.05, 0.1) is 4.92 Å². The molecule has 1 atom stereocenters. The van der Waals surface area contributed by atoms with Crippen LogP contribution >= 0.6 is 0 Å². The molecule has 0 aliphatic heterocycles. The second-order valence-corrected chi connectivity index (χ2v) is 3.36. The fourth-order valence-electron chi connectivity index (χ4n) is 1.09. The van der Waals surface area contributed by atoms with Gasteiger partial charge in [-0.3, -0.25) is 14.9 Å². The van der Waals surface area contributed by atoms with Gasteiger partial charge in [-0.05, 0) is 12.5 Å². The standard InChI is InChI=1S/C10H12N2O4/c1-7(10(13)14)11-6-8-2-4-9(5-3-8)12(15)16/h2-5,7,11H,6H2,1H3,(H,13,14). The molecule has 0 spiro atoms. The molecule has 0 radical (unpaired) electrons. The number of carboxylic acids is 1. The third kappa shape index (κ3) is 3.32. The molecule has 0 bridgehead atoms. The molecule has 1 aromatic rings. The molecule has 16 heavy (non-hydrogen) atoms. The van der Waals surface area contributed by atoms with Gasteiger partial charge in [0.2, 0.25) is 0 Å². The van der Waals surface area contributed by atoms with Crippen LogP contribution in [0.4, 0.5) is 5.69 Å². The van der Waals surface area contributed by atoms with Crippen molar-refractivity contribution < 1.29 is 14.8 Å². The number of nitrogens with zero attached hydrogens (tertiary/aromatic N) is 1. The highest BCUT2D eigenvalue weighted by atomic mass is 16.6. The highest BCUT2D eigenvalue weighted by Gasteiger charge is 2.09. The molecule has 1 unspecified atom stereocenters. The fourth-order valence-corrected chi connectivity index (χ4v) is 1.09. The molecule has 0 heterocycles. The summed E-state index contributed by atoms with van der Waals surface area (Å²) in [6, 6.07) is 5.33. The van der Waals surface area contributed by atoms with E-state index >= 15 is 0 Å². The van der Waals surface area contributed by atoms with Crippen molar-refractivity contribution in [3.8, 4) is 0 Å². The summed E-state index contributed by atoms with van der Waals surface area (Å²) in [5.41, 5.74) is 0.828. The SMILES string of the molecule is CC(NCc1ccc([N+](=O)[O-])cc1)C(=O)O. The molecule has 86 valence electrons. The van der Waals surface area contributed by atoms with E-state index in [0.717, 1.165) is 5.56 Å². The van der Waals surface area contributed by atoms with E-state index in [9.17, 15) is 14.9 Å². The van der Waals surface area contributed by atoms with Crippen LogP contribution < -0.4 is 5.32 Å². The van der Waals surface area contributed by atoms with E-state index in [1.807, 2.05) is 0 Å². The van der Waals surface area contributed by atoms with Gasteiger partial charge in [0.25, 0.3) is 5.69 Å². The molecule has 0 aliphatic rings. The number of non-ortho nitro benzene ring substituents is 1. The Hall–Kier alpha value is -1.95. The molecule has 0 aromatic heterocycles. The van der Waals surface area contributed by atoms with Crippen molar-refractivity contribution in [3.63, 3.8) is 0 Å². The van der Waals surface area contributed by atoms with Crippen LogP contribution in [0.5, 0.6) is 0 Å². The van der Waals surface area contributed by atoms with Gasteiger partial charge >= 0.3 is 5.97 Å². The first-order chi connectivity index (χ1) is 7.50. The van der Waals surface area contributed by atoms with Gasteiger partial charge in [-0.25, -0.2) is 0 Å². The van der Waals surface area contributed by atoms with E-state index in [4.69, 9.17) is 5.11 Å². The zero-order chi connectivity index (χ0) is 12.1. The summed E-state index contributed by atoms with van der Waals surface area (Å²) < 4.78 is 0. The number of nitro groups is 1. The van der Waals surface area contributed by atoms with Crippen LogP contribution in [0, 0.1) is 10.1 Å². The summed E-state index contributed by atoms with van der Waals surface area (Å²) in [7, 11) is 0. The van der Waals surface area contributed by atoms with Crippen LogP contribution in [0.3, 0.4) is 0 Å². The number of nitrogens with one attached hydrogen (secondary N) is 1. The van der Waals surface area contributed by atoms with Crippen molar-refractivity contribution >= 4 is 11.7 Å². The highest BCUT2D eigenvalue weighted by molar-refractivity contribution is 5.72. The number of aliphatic carboxylic acids is 1. The average Bonchev–Trinajstić information content (AvgIpc) is 2.26. The number of carbonyl (C=O) groups is 1. The van der Waals surface area contributed by atoms with Gasteiger partial charge in [0.1, 0.15) is 6.04 Å². The molecule has 0 amide bonds. The second kappa shape index (κ2) is 5.22. The van der Waals surface area contributed by atoms with Crippen molar-refractivity contribution in [1.82, 2.24) is 5.32 Å². The molecule has 1 rings (SSSR count). The van der Waals surface area contributed by atoms with Gasteiger partial charge in [-0.2, -0.15) is 0 Å². The fraction of sp³-hybridized carbons (Fsp3) is 0.300. The maximum absolute atomic E-state index is 10.5. The topological polar surface area (TPSA) is 92.5 Å². The predicted molar refractivity (Wildman–Crippen MR) is 57.0 cm³/mol. The van der Waals surface area contributed by atoms with Gasteiger partial charge in [0.15, 0.2) is 0 Å². The van der Waals surface area contributed by atoms with Crippen LogP contribution in [-0.4, -0.2) is 22.0 Å². The monoisotopic (exact) mass is 224 g/mol. The maximum atomic E-state index is 10.5. The largest absolute Gasteiger partial charge is 0.480 e. The molecule has 2 N–H and O–H groups in total. The zero-order valence-electron chi connectivity index (χ0n) is 8.71. The third-order valence-corrected chi connectivity index (χ3v) is 2.13. The van der Waals surface area contributed by atoms with Gasteiger partial charge in [0, 0.05) is 18.7 Å². The lowest BCUT2D eigenvalue weighted by Crippen LogP contribution is -2.33. The lowest BCUT2D eigenvalue weighted by molar-refractivity contribution is -0.384. The summed E-state index contributed by atoms with van der Waals surface area (Å²) >= 11 is 0. The highest BCUT2D eigenvalue weighted by Crippen LogP contribution is 2.11. The molecule has 1 aromatic carbocycles. The van der Waals surface area contributed by atoms with Crippen LogP contribution in [0.2, 0.25) is 0 Å².